The molecule has 2 aliphatic rings. The van der Waals surface area contributed by atoms with Crippen molar-refractivity contribution in [3.05, 3.63) is 66.6 Å². The summed E-state index contributed by atoms with van der Waals surface area (Å²) in [7, 11) is 0. The lowest BCUT2D eigenvalue weighted by Gasteiger charge is -2.22. The average molecular weight is 441 g/mol. The predicted octanol–water partition coefficient (Wildman–Crippen LogP) is 3.99. The normalized spacial score (nSPS) is 15.5. The maximum atomic E-state index is 12.9. The topological polar surface area (TPSA) is 97.0 Å². The quantitative estimate of drug-likeness (QED) is 0.442. The molecule has 0 atom stereocenters. The molecule has 0 spiro atoms. The monoisotopic (exact) mass is 440 g/mol. The fourth-order valence-electron chi connectivity index (χ4n) is 4.08. The van der Waals surface area contributed by atoms with Crippen molar-refractivity contribution in [2.45, 2.75) is 50.7 Å². The standard InChI is InChI=1S/C25H24N6O2/c32-24(13-21-8-10-29-33-21)31(20-4-5-20)14-19-11-17(7-9-26-19)16-1-6-23-22(12-16)25(28-15-27-23)30-18-2-3-18/h1,6-12,15,18,20H,2-5,13-14H2,(H,27,28,30). The third-order valence-corrected chi connectivity index (χ3v) is 6.16. The Balaban J connectivity index is 1.26. The minimum atomic E-state index is 0.0418. The second-order valence-electron chi connectivity index (χ2n) is 8.82. The molecule has 6 rings (SSSR count). The van der Waals surface area contributed by atoms with Gasteiger partial charge in [0.1, 0.15) is 17.9 Å². The number of rotatable bonds is 8. The van der Waals surface area contributed by atoms with Gasteiger partial charge in [0.25, 0.3) is 0 Å². The van der Waals surface area contributed by atoms with Gasteiger partial charge < -0.3 is 14.7 Å². The summed E-state index contributed by atoms with van der Waals surface area (Å²) in [6.45, 7) is 0.483. The number of fused-ring (bicyclic) bond motifs is 1. The molecular formula is C25H24N6O2. The van der Waals surface area contributed by atoms with E-state index in [1.54, 1.807) is 18.6 Å². The Hall–Kier alpha value is -3.81. The zero-order valence-electron chi connectivity index (χ0n) is 18.1. The lowest BCUT2D eigenvalue weighted by Crippen LogP contribution is -2.34. The average Bonchev–Trinajstić information content (AvgIpc) is 3.78. The Morgan fingerprint density at radius 3 is 2.67 bits per heavy atom. The molecule has 8 nitrogen and oxygen atoms in total. The molecule has 1 aromatic carbocycles. The zero-order valence-corrected chi connectivity index (χ0v) is 18.1. The number of hydrogen-bond donors (Lipinski definition) is 1. The number of nitrogens with zero attached hydrogens (tertiary/aromatic N) is 5. The van der Waals surface area contributed by atoms with Crippen LogP contribution in [0.15, 0.2) is 59.6 Å². The Kier molecular flexibility index (Phi) is 4.97. The highest BCUT2D eigenvalue weighted by Crippen LogP contribution is 2.32. The molecule has 166 valence electrons. The summed E-state index contributed by atoms with van der Waals surface area (Å²) in [5.41, 5.74) is 3.92. The summed E-state index contributed by atoms with van der Waals surface area (Å²) in [6, 6.07) is 12.8. The van der Waals surface area contributed by atoms with E-state index in [1.807, 2.05) is 23.2 Å². The van der Waals surface area contributed by atoms with E-state index < -0.39 is 0 Å². The third kappa shape index (κ3) is 4.41. The minimum absolute atomic E-state index is 0.0418. The van der Waals surface area contributed by atoms with Crippen molar-refractivity contribution in [3.63, 3.8) is 0 Å². The highest BCUT2D eigenvalue weighted by molar-refractivity contribution is 5.92. The van der Waals surface area contributed by atoms with E-state index in [9.17, 15) is 4.79 Å². The summed E-state index contributed by atoms with van der Waals surface area (Å²) in [4.78, 5) is 28.3. The largest absolute Gasteiger partial charge is 0.367 e. The highest BCUT2D eigenvalue weighted by atomic mass is 16.5. The predicted molar refractivity (Wildman–Crippen MR) is 123 cm³/mol. The molecule has 0 aliphatic heterocycles. The molecule has 3 heterocycles. The van der Waals surface area contributed by atoms with E-state index in [1.165, 1.54) is 12.8 Å². The molecule has 1 amide bonds. The molecule has 0 radical (unpaired) electrons. The molecule has 33 heavy (non-hydrogen) atoms. The van der Waals surface area contributed by atoms with Crippen molar-refractivity contribution in [1.29, 1.82) is 0 Å². The molecule has 0 saturated heterocycles. The first-order valence-corrected chi connectivity index (χ1v) is 11.4. The maximum Gasteiger partial charge on any atom is 0.230 e. The lowest BCUT2D eigenvalue weighted by molar-refractivity contribution is -0.132. The van der Waals surface area contributed by atoms with Gasteiger partial charge in [0, 0.05) is 29.7 Å². The molecule has 0 bridgehead atoms. The van der Waals surface area contributed by atoms with Crippen LogP contribution in [0.4, 0.5) is 5.82 Å². The fraction of sp³-hybridized carbons (Fsp3) is 0.320. The Morgan fingerprint density at radius 2 is 1.88 bits per heavy atom. The Labute approximate surface area is 191 Å². The molecule has 8 heteroatoms. The second kappa shape index (κ2) is 8.27. The Morgan fingerprint density at radius 1 is 1.00 bits per heavy atom. The molecule has 3 aromatic heterocycles. The van der Waals surface area contributed by atoms with E-state index in [0.29, 0.717) is 18.3 Å². The van der Waals surface area contributed by atoms with Gasteiger partial charge in [0.15, 0.2) is 0 Å². The van der Waals surface area contributed by atoms with Gasteiger partial charge in [-0.3, -0.25) is 9.78 Å². The van der Waals surface area contributed by atoms with Crippen LogP contribution in [0.5, 0.6) is 0 Å². The van der Waals surface area contributed by atoms with Crippen LogP contribution in [-0.4, -0.2) is 43.0 Å². The van der Waals surface area contributed by atoms with Crippen molar-refractivity contribution in [2.24, 2.45) is 0 Å². The van der Waals surface area contributed by atoms with Crippen LogP contribution in [0, 0.1) is 0 Å². The van der Waals surface area contributed by atoms with Crippen LogP contribution >= 0.6 is 0 Å². The van der Waals surface area contributed by atoms with Gasteiger partial charge in [-0.05, 0) is 61.1 Å². The summed E-state index contributed by atoms with van der Waals surface area (Å²) in [5.74, 6) is 1.51. The molecule has 2 aliphatic carbocycles. The molecular weight excluding hydrogens is 416 g/mol. The summed E-state index contributed by atoms with van der Waals surface area (Å²) < 4.78 is 5.13. The number of carbonyl (C=O) groups excluding carboxylic acids is 1. The maximum absolute atomic E-state index is 12.9. The van der Waals surface area contributed by atoms with Crippen LogP contribution in [0.1, 0.15) is 37.1 Å². The fourth-order valence-corrected chi connectivity index (χ4v) is 4.08. The third-order valence-electron chi connectivity index (χ3n) is 6.16. The van der Waals surface area contributed by atoms with Crippen LogP contribution in [0.2, 0.25) is 0 Å². The zero-order chi connectivity index (χ0) is 22.2. The number of carbonyl (C=O) groups is 1. The van der Waals surface area contributed by atoms with E-state index in [4.69, 9.17) is 4.52 Å². The highest BCUT2D eigenvalue weighted by Gasteiger charge is 2.33. The smallest absolute Gasteiger partial charge is 0.230 e. The second-order valence-corrected chi connectivity index (χ2v) is 8.82. The summed E-state index contributed by atoms with van der Waals surface area (Å²) >= 11 is 0. The lowest BCUT2D eigenvalue weighted by atomic mass is 10.0. The minimum Gasteiger partial charge on any atom is -0.367 e. The van der Waals surface area contributed by atoms with E-state index >= 15 is 0 Å². The van der Waals surface area contributed by atoms with E-state index in [2.05, 4.69) is 43.6 Å². The van der Waals surface area contributed by atoms with Crippen molar-refractivity contribution in [3.8, 4) is 11.1 Å². The van der Waals surface area contributed by atoms with Crippen LogP contribution < -0.4 is 5.32 Å². The SMILES string of the molecule is O=C(Cc1ccno1)N(Cc1cc(-c2ccc3ncnc(NC4CC4)c3c2)ccn1)C1CC1. The summed E-state index contributed by atoms with van der Waals surface area (Å²) in [6.07, 6.45) is 9.64. The summed E-state index contributed by atoms with van der Waals surface area (Å²) in [5, 5.41) is 8.22. The van der Waals surface area contributed by atoms with Gasteiger partial charge in [0.05, 0.1) is 30.4 Å². The van der Waals surface area contributed by atoms with Crippen LogP contribution in [-0.2, 0) is 17.8 Å². The van der Waals surface area contributed by atoms with Crippen molar-refractivity contribution >= 4 is 22.6 Å². The first-order chi connectivity index (χ1) is 16.2. The van der Waals surface area contributed by atoms with Crippen LogP contribution in [0.25, 0.3) is 22.0 Å². The number of hydrogen-bond acceptors (Lipinski definition) is 7. The van der Waals surface area contributed by atoms with Crippen LogP contribution in [0.3, 0.4) is 0 Å². The molecule has 2 fully saturated rings. The Bertz CT molecular complexity index is 1300. The van der Waals surface area contributed by atoms with Crippen molar-refractivity contribution in [2.75, 3.05) is 5.32 Å². The number of benzene rings is 1. The molecule has 1 N–H and O–H groups in total. The van der Waals surface area contributed by atoms with Gasteiger partial charge in [-0.25, -0.2) is 9.97 Å². The number of pyridine rings is 1. The van der Waals surface area contributed by atoms with Gasteiger partial charge in [0.2, 0.25) is 5.91 Å². The molecule has 4 aromatic rings. The number of aromatic nitrogens is 4. The first kappa shape index (κ1) is 19.8. The van der Waals surface area contributed by atoms with Crippen molar-refractivity contribution < 1.29 is 9.32 Å². The van der Waals surface area contributed by atoms with Gasteiger partial charge in [-0.15, -0.1) is 0 Å². The number of nitrogens with one attached hydrogen (secondary N) is 1. The number of amides is 1. The first-order valence-electron chi connectivity index (χ1n) is 11.4. The molecule has 2 saturated carbocycles. The van der Waals surface area contributed by atoms with Gasteiger partial charge in [-0.2, -0.15) is 0 Å². The van der Waals surface area contributed by atoms with E-state index in [0.717, 1.165) is 46.4 Å². The van der Waals surface area contributed by atoms with E-state index in [-0.39, 0.29) is 18.4 Å². The number of anilines is 1. The van der Waals surface area contributed by atoms with Crippen molar-refractivity contribution in [1.82, 2.24) is 25.0 Å². The van der Waals surface area contributed by atoms with Gasteiger partial charge >= 0.3 is 0 Å². The van der Waals surface area contributed by atoms with Gasteiger partial charge in [-0.1, -0.05) is 11.2 Å². The molecule has 0 unspecified atom stereocenters.